The quantitative estimate of drug-likeness (QED) is 0.719. The summed E-state index contributed by atoms with van der Waals surface area (Å²) in [6.45, 7) is 5.65. The Morgan fingerprint density at radius 1 is 0.783 bits per heavy atom. The molecule has 2 aliphatic rings. The lowest BCUT2D eigenvalue weighted by molar-refractivity contribution is -0.332. The molecule has 2 unspecified atom stereocenters. The minimum atomic E-state index is -0.842. The summed E-state index contributed by atoms with van der Waals surface area (Å²) in [5.41, 5.74) is 0. The van der Waals surface area contributed by atoms with Crippen LogP contribution in [0.5, 0.6) is 0 Å². The Hall–Kier alpha value is -1.00. The summed E-state index contributed by atoms with van der Waals surface area (Å²) in [5, 5.41) is 0. The first-order chi connectivity index (χ1) is 11.2. The van der Waals surface area contributed by atoms with Crippen molar-refractivity contribution >= 4 is 0 Å². The normalized spacial score (nSPS) is 30.7. The van der Waals surface area contributed by atoms with Crippen LogP contribution in [-0.2, 0) is 14.2 Å². The van der Waals surface area contributed by atoms with Crippen LogP contribution in [0.25, 0.3) is 0 Å². The fourth-order valence-electron chi connectivity index (χ4n) is 2.86. The molecule has 2 aliphatic heterocycles. The Labute approximate surface area is 141 Å². The van der Waals surface area contributed by atoms with E-state index in [0.717, 1.165) is 64.2 Å². The third-order valence-electron chi connectivity index (χ3n) is 4.11. The maximum absolute atomic E-state index is 6.41. The van der Waals surface area contributed by atoms with E-state index in [-0.39, 0.29) is 0 Å². The molecule has 2 fully saturated rings. The van der Waals surface area contributed by atoms with Crippen LogP contribution >= 0.6 is 0 Å². The van der Waals surface area contributed by atoms with Gasteiger partial charge in [-0.3, -0.25) is 4.74 Å². The van der Waals surface area contributed by atoms with E-state index in [4.69, 9.17) is 14.2 Å². The molecular weight excluding hydrogens is 288 g/mol. The molecule has 0 aromatic carbocycles. The molecule has 0 spiro atoms. The van der Waals surface area contributed by atoms with E-state index in [2.05, 4.69) is 37.5 Å². The molecule has 0 bridgehead atoms. The Kier molecular flexibility index (Phi) is 7.44. The third-order valence-corrected chi connectivity index (χ3v) is 4.11. The second-order valence-electron chi connectivity index (χ2n) is 6.32. The zero-order valence-corrected chi connectivity index (χ0v) is 14.7. The van der Waals surface area contributed by atoms with Crippen molar-refractivity contribution in [2.24, 2.45) is 0 Å². The number of ether oxygens (including phenoxy) is 3. The molecule has 2 saturated heterocycles. The molecule has 0 saturated carbocycles. The second kappa shape index (κ2) is 9.33. The zero-order valence-electron chi connectivity index (χ0n) is 14.7. The van der Waals surface area contributed by atoms with Crippen LogP contribution in [-0.4, -0.2) is 24.8 Å². The highest BCUT2D eigenvalue weighted by atomic mass is 16.8. The van der Waals surface area contributed by atoms with Crippen molar-refractivity contribution in [3.05, 3.63) is 0 Å². The molecule has 0 N–H and O–H groups in total. The largest absolute Gasteiger partial charge is 0.340 e. The van der Waals surface area contributed by atoms with Crippen LogP contribution in [0.2, 0.25) is 0 Å². The molecular formula is C20H30O3. The first-order valence-electron chi connectivity index (χ1n) is 9.22. The average molecular weight is 318 g/mol. The standard InChI is InChI=1S/C20H30O3/c1-3-5-7-13-19(15-9-11-17-21-19)23-20(14-8-6-4-2)16-10-12-18-22-20/h3-6,9-12,15-18H2,1-2H3. The highest BCUT2D eigenvalue weighted by molar-refractivity contribution is 5.16. The van der Waals surface area contributed by atoms with Crippen LogP contribution in [0.4, 0.5) is 0 Å². The summed E-state index contributed by atoms with van der Waals surface area (Å²) in [7, 11) is 0. The molecule has 3 nitrogen and oxygen atoms in total. The predicted molar refractivity (Wildman–Crippen MR) is 91.5 cm³/mol. The first-order valence-corrected chi connectivity index (χ1v) is 9.22. The third kappa shape index (κ3) is 5.54. The molecule has 2 heterocycles. The molecule has 2 atom stereocenters. The Balaban J connectivity index is 2.19. The van der Waals surface area contributed by atoms with Gasteiger partial charge in [-0.2, -0.15) is 0 Å². The summed E-state index contributed by atoms with van der Waals surface area (Å²) < 4.78 is 18.4. The fourth-order valence-corrected chi connectivity index (χ4v) is 2.86. The van der Waals surface area contributed by atoms with Crippen LogP contribution in [0, 0.1) is 23.7 Å². The summed E-state index contributed by atoms with van der Waals surface area (Å²) >= 11 is 0. The Morgan fingerprint density at radius 2 is 1.26 bits per heavy atom. The van der Waals surface area contributed by atoms with Crippen LogP contribution < -0.4 is 0 Å². The van der Waals surface area contributed by atoms with E-state index in [0.29, 0.717) is 13.2 Å². The lowest BCUT2D eigenvalue weighted by Crippen LogP contribution is -2.49. The van der Waals surface area contributed by atoms with Gasteiger partial charge in [0.15, 0.2) is 0 Å². The molecule has 3 heteroatoms. The maximum Gasteiger partial charge on any atom is 0.236 e. The van der Waals surface area contributed by atoms with Gasteiger partial charge < -0.3 is 9.47 Å². The van der Waals surface area contributed by atoms with E-state index in [9.17, 15) is 0 Å². The number of hydrogen-bond donors (Lipinski definition) is 0. The fraction of sp³-hybridized carbons (Fsp3) is 0.800. The molecule has 2 rings (SSSR count). The van der Waals surface area contributed by atoms with Gasteiger partial charge in [0, 0.05) is 25.7 Å². The lowest BCUT2D eigenvalue weighted by Gasteiger charge is -2.41. The average Bonchev–Trinajstić information content (AvgIpc) is 2.57. The molecule has 0 aromatic heterocycles. The van der Waals surface area contributed by atoms with Crippen molar-refractivity contribution in [3.63, 3.8) is 0 Å². The summed E-state index contributed by atoms with van der Waals surface area (Å²) in [5.74, 6) is 11.3. The van der Waals surface area contributed by atoms with Gasteiger partial charge >= 0.3 is 0 Å². The molecule has 0 aromatic rings. The van der Waals surface area contributed by atoms with Crippen molar-refractivity contribution in [3.8, 4) is 23.7 Å². The van der Waals surface area contributed by atoms with E-state index in [1.165, 1.54) is 0 Å². The van der Waals surface area contributed by atoms with E-state index < -0.39 is 11.6 Å². The van der Waals surface area contributed by atoms with Crippen molar-refractivity contribution in [1.29, 1.82) is 0 Å². The molecule has 23 heavy (non-hydrogen) atoms. The highest BCUT2D eigenvalue weighted by Gasteiger charge is 2.44. The van der Waals surface area contributed by atoms with Crippen LogP contribution in [0.3, 0.4) is 0 Å². The van der Waals surface area contributed by atoms with Gasteiger partial charge in [0.1, 0.15) is 0 Å². The predicted octanol–water partition coefficient (Wildman–Crippen LogP) is 4.40. The molecule has 0 radical (unpaired) electrons. The molecule has 0 amide bonds. The van der Waals surface area contributed by atoms with Gasteiger partial charge in [0.2, 0.25) is 11.6 Å². The van der Waals surface area contributed by atoms with Gasteiger partial charge in [0.05, 0.1) is 13.2 Å². The topological polar surface area (TPSA) is 27.7 Å². The zero-order chi connectivity index (χ0) is 16.4. The summed E-state index contributed by atoms with van der Waals surface area (Å²) in [4.78, 5) is 0. The minimum Gasteiger partial charge on any atom is -0.340 e. The van der Waals surface area contributed by atoms with E-state index in [1.54, 1.807) is 0 Å². The number of hydrogen-bond acceptors (Lipinski definition) is 3. The van der Waals surface area contributed by atoms with Crippen molar-refractivity contribution in [2.75, 3.05) is 13.2 Å². The molecule has 128 valence electrons. The minimum absolute atomic E-state index is 0.694. The second-order valence-corrected chi connectivity index (χ2v) is 6.32. The van der Waals surface area contributed by atoms with Gasteiger partial charge in [-0.15, -0.1) is 0 Å². The van der Waals surface area contributed by atoms with Gasteiger partial charge in [0.25, 0.3) is 0 Å². The summed E-state index contributed by atoms with van der Waals surface area (Å²) in [6.07, 6.45) is 9.68. The first kappa shape index (κ1) is 18.3. The Morgan fingerprint density at radius 3 is 1.61 bits per heavy atom. The van der Waals surface area contributed by atoms with E-state index >= 15 is 0 Å². The summed E-state index contributed by atoms with van der Waals surface area (Å²) in [6, 6.07) is 0. The Bertz CT molecular complexity index is 419. The van der Waals surface area contributed by atoms with Gasteiger partial charge in [-0.1, -0.05) is 25.7 Å². The maximum atomic E-state index is 6.41. The number of unbranched alkanes of at least 4 members (excludes halogenated alkanes) is 2. The molecule has 0 aliphatic carbocycles. The van der Waals surface area contributed by atoms with Crippen molar-refractivity contribution in [1.82, 2.24) is 0 Å². The van der Waals surface area contributed by atoms with Gasteiger partial charge in [-0.05, 0) is 50.4 Å². The SMILES string of the molecule is CCCC#CC1(OC2(C#CCCC)CCCCO2)CCCCO1. The van der Waals surface area contributed by atoms with E-state index in [1.807, 2.05) is 0 Å². The van der Waals surface area contributed by atoms with Crippen LogP contribution in [0.1, 0.15) is 78.1 Å². The number of rotatable bonds is 4. The smallest absolute Gasteiger partial charge is 0.236 e. The monoisotopic (exact) mass is 318 g/mol. The van der Waals surface area contributed by atoms with Crippen molar-refractivity contribution in [2.45, 2.75) is 89.6 Å². The van der Waals surface area contributed by atoms with Crippen molar-refractivity contribution < 1.29 is 14.2 Å². The van der Waals surface area contributed by atoms with Gasteiger partial charge in [-0.25, -0.2) is 0 Å². The lowest BCUT2D eigenvalue weighted by atomic mass is 10.0. The highest BCUT2D eigenvalue weighted by Crippen LogP contribution is 2.35. The van der Waals surface area contributed by atoms with Crippen LogP contribution in [0.15, 0.2) is 0 Å².